The van der Waals surface area contributed by atoms with Crippen LogP contribution >= 0.6 is 34.3 Å². The molecule has 4 nitrogen and oxygen atoms in total. The Hall–Kier alpha value is -1.25. The van der Waals surface area contributed by atoms with Crippen LogP contribution < -0.4 is 4.72 Å². The molecule has 3 aromatic rings. The highest BCUT2D eigenvalue weighted by Gasteiger charge is 2.18. The molecular formula is C16H15ClN2O2S3. The van der Waals surface area contributed by atoms with Crippen molar-refractivity contribution in [2.45, 2.75) is 24.1 Å². The van der Waals surface area contributed by atoms with Crippen molar-refractivity contribution in [1.29, 1.82) is 0 Å². The molecule has 24 heavy (non-hydrogen) atoms. The second kappa shape index (κ2) is 7.33. The molecule has 0 spiro atoms. The summed E-state index contributed by atoms with van der Waals surface area (Å²) in [6, 6.07) is 8.75. The van der Waals surface area contributed by atoms with E-state index in [0.29, 0.717) is 9.23 Å². The molecule has 126 valence electrons. The molecule has 0 amide bonds. The lowest BCUT2D eigenvalue weighted by Crippen LogP contribution is -2.22. The maximum Gasteiger partial charge on any atom is 0.250 e. The van der Waals surface area contributed by atoms with Gasteiger partial charge in [0.05, 0.1) is 5.69 Å². The fourth-order valence-electron chi connectivity index (χ4n) is 2.02. The number of nitrogens with zero attached hydrogens (tertiary/aromatic N) is 1. The average Bonchev–Trinajstić information content (AvgIpc) is 3.23. The second-order valence-corrected chi connectivity index (χ2v) is 9.30. The van der Waals surface area contributed by atoms with Crippen molar-refractivity contribution in [3.05, 3.63) is 57.4 Å². The van der Waals surface area contributed by atoms with Crippen molar-refractivity contribution >= 4 is 44.3 Å². The van der Waals surface area contributed by atoms with Gasteiger partial charge >= 0.3 is 0 Å². The number of nitrogens with one attached hydrogen (secondary N) is 1. The summed E-state index contributed by atoms with van der Waals surface area (Å²) < 4.78 is 27.8. The van der Waals surface area contributed by atoms with E-state index in [-0.39, 0.29) is 6.54 Å². The molecule has 0 bridgehead atoms. The molecule has 1 aromatic carbocycles. The van der Waals surface area contributed by atoms with Gasteiger partial charge in [0, 0.05) is 27.9 Å². The highest BCUT2D eigenvalue weighted by molar-refractivity contribution is 7.91. The van der Waals surface area contributed by atoms with E-state index in [1.807, 2.05) is 17.7 Å². The molecule has 2 aromatic heterocycles. The molecule has 0 aliphatic rings. The summed E-state index contributed by atoms with van der Waals surface area (Å²) in [6.07, 6.45) is 0.869. The zero-order valence-electron chi connectivity index (χ0n) is 12.8. The molecule has 0 aliphatic heterocycles. The Morgan fingerprint density at radius 1 is 1.17 bits per heavy atom. The van der Waals surface area contributed by atoms with E-state index in [9.17, 15) is 8.42 Å². The summed E-state index contributed by atoms with van der Waals surface area (Å²) in [4.78, 5) is 4.49. The number of aryl methyl sites for hydroxylation is 1. The molecule has 0 atom stereocenters. The van der Waals surface area contributed by atoms with Crippen molar-refractivity contribution in [2.24, 2.45) is 0 Å². The first-order valence-corrected chi connectivity index (χ1v) is 10.9. The number of thiophene rings is 1. The summed E-state index contributed by atoms with van der Waals surface area (Å²) in [5.74, 6) is 0. The molecule has 1 N–H and O–H groups in total. The third-order valence-corrected chi connectivity index (χ3v) is 7.41. The van der Waals surface area contributed by atoms with Gasteiger partial charge in [-0.25, -0.2) is 18.1 Å². The SMILES string of the molecule is CCc1csc(-c2csc(S(=O)(=O)NCc3ccc(Cl)cc3)c2)n1. The number of hydrogen-bond donors (Lipinski definition) is 1. The number of thiazole rings is 1. The van der Waals surface area contributed by atoms with Crippen LogP contribution in [0.4, 0.5) is 0 Å². The lowest BCUT2D eigenvalue weighted by Gasteiger charge is -2.04. The van der Waals surface area contributed by atoms with Crippen molar-refractivity contribution in [2.75, 3.05) is 0 Å². The van der Waals surface area contributed by atoms with Gasteiger partial charge in [-0.15, -0.1) is 22.7 Å². The van der Waals surface area contributed by atoms with Gasteiger partial charge < -0.3 is 0 Å². The Morgan fingerprint density at radius 3 is 2.58 bits per heavy atom. The molecule has 0 aliphatic carbocycles. The van der Waals surface area contributed by atoms with E-state index in [4.69, 9.17) is 11.6 Å². The van der Waals surface area contributed by atoms with Gasteiger partial charge in [0.1, 0.15) is 9.22 Å². The van der Waals surface area contributed by atoms with Gasteiger partial charge in [-0.2, -0.15) is 0 Å². The lowest BCUT2D eigenvalue weighted by atomic mass is 10.2. The van der Waals surface area contributed by atoms with Crippen LogP contribution in [0.2, 0.25) is 5.02 Å². The second-order valence-electron chi connectivity index (χ2n) is 5.10. The maximum absolute atomic E-state index is 12.4. The first kappa shape index (κ1) is 17.6. The molecule has 8 heteroatoms. The average molecular weight is 399 g/mol. The number of halogens is 1. The molecule has 0 radical (unpaired) electrons. The quantitative estimate of drug-likeness (QED) is 0.661. The zero-order chi connectivity index (χ0) is 17.2. The third-order valence-electron chi connectivity index (χ3n) is 3.38. The Bertz CT molecular complexity index is 930. The first-order valence-electron chi connectivity index (χ1n) is 7.25. The molecular weight excluding hydrogens is 384 g/mol. The molecule has 2 heterocycles. The van der Waals surface area contributed by atoms with Crippen LogP contribution in [0.3, 0.4) is 0 Å². The smallest absolute Gasteiger partial charge is 0.241 e. The Labute approximate surface area is 154 Å². The molecule has 0 unspecified atom stereocenters. The van der Waals surface area contributed by atoms with Crippen LogP contribution in [0.1, 0.15) is 18.2 Å². The van der Waals surface area contributed by atoms with Gasteiger partial charge in [-0.3, -0.25) is 0 Å². The van der Waals surface area contributed by atoms with Gasteiger partial charge in [-0.05, 0) is 30.2 Å². The molecule has 0 saturated carbocycles. The fourth-order valence-corrected chi connectivity index (χ4v) is 5.34. The minimum absolute atomic E-state index is 0.226. The van der Waals surface area contributed by atoms with Crippen LogP contribution in [0.15, 0.2) is 45.3 Å². The van der Waals surface area contributed by atoms with E-state index >= 15 is 0 Å². The van der Waals surface area contributed by atoms with E-state index in [1.54, 1.807) is 30.3 Å². The Kier molecular flexibility index (Phi) is 5.36. The number of hydrogen-bond acceptors (Lipinski definition) is 5. The third kappa shape index (κ3) is 4.04. The predicted molar refractivity (Wildman–Crippen MR) is 100 cm³/mol. The Morgan fingerprint density at radius 2 is 1.92 bits per heavy atom. The number of benzene rings is 1. The van der Waals surface area contributed by atoms with Gasteiger partial charge in [-0.1, -0.05) is 30.7 Å². The molecule has 0 saturated heterocycles. The minimum atomic E-state index is -3.54. The number of rotatable bonds is 6. The largest absolute Gasteiger partial charge is 0.250 e. The van der Waals surface area contributed by atoms with Crippen LogP contribution in [0.5, 0.6) is 0 Å². The van der Waals surface area contributed by atoms with Gasteiger partial charge in [0.15, 0.2) is 0 Å². The normalized spacial score (nSPS) is 11.8. The maximum atomic E-state index is 12.4. The van der Waals surface area contributed by atoms with E-state index in [0.717, 1.165) is 28.2 Å². The monoisotopic (exact) mass is 398 g/mol. The van der Waals surface area contributed by atoms with Crippen LogP contribution in [-0.4, -0.2) is 13.4 Å². The van der Waals surface area contributed by atoms with Crippen molar-refractivity contribution < 1.29 is 8.42 Å². The van der Waals surface area contributed by atoms with E-state index in [2.05, 4.69) is 9.71 Å². The summed E-state index contributed by atoms with van der Waals surface area (Å²) in [6.45, 7) is 2.27. The van der Waals surface area contributed by atoms with E-state index in [1.165, 1.54) is 22.7 Å². The standard InChI is InChI=1S/C16H15ClN2O2S3/c1-2-14-10-23-16(19-14)12-7-15(22-9-12)24(20,21)18-8-11-3-5-13(17)6-4-11/h3-7,9-10,18H,2,8H2,1H3. The fraction of sp³-hybridized carbons (Fsp3) is 0.188. The first-order chi connectivity index (χ1) is 11.5. The summed E-state index contributed by atoms with van der Waals surface area (Å²) >= 11 is 8.56. The summed E-state index contributed by atoms with van der Waals surface area (Å²) in [5, 5.41) is 5.30. The van der Waals surface area contributed by atoms with Crippen molar-refractivity contribution in [1.82, 2.24) is 9.71 Å². The van der Waals surface area contributed by atoms with Crippen LogP contribution in [-0.2, 0) is 23.0 Å². The van der Waals surface area contributed by atoms with Gasteiger partial charge in [0.25, 0.3) is 0 Å². The lowest BCUT2D eigenvalue weighted by molar-refractivity contribution is 0.583. The van der Waals surface area contributed by atoms with Gasteiger partial charge in [0.2, 0.25) is 10.0 Å². The number of aromatic nitrogens is 1. The van der Waals surface area contributed by atoms with Crippen molar-refractivity contribution in [3.8, 4) is 10.6 Å². The van der Waals surface area contributed by atoms with Crippen molar-refractivity contribution in [3.63, 3.8) is 0 Å². The molecule has 3 rings (SSSR count). The zero-order valence-corrected chi connectivity index (χ0v) is 16.0. The Balaban J connectivity index is 1.74. The highest BCUT2D eigenvalue weighted by Crippen LogP contribution is 2.30. The van der Waals surface area contributed by atoms with Crippen LogP contribution in [0, 0.1) is 0 Å². The predicted octanol–water partition coefficient (Wildman–Crippen LogP) is 4.57. The van der Waals surface area contributed by atoms with E-state index < -0.39 is 10.0 Å². The molecule has 0 fully saturated rings. The summed E-state index contributed by atoms with van der Waals surface area (Å²) in [5.41, 5.74) is 2.72. The topological polar surface area (TPSA) is 59.1 Å². The van der Waals surface area contributed by atoms with Crippen LogP contribution in [0.25, 0.3) is 10.6 Å². The summed E-state index contributed by atoms with van der Waals surface area (Å²) in [7, 11) is -3.54. The number of sulfonamides is 1. The highest BCUT2D eigenvalue weighted by atomic mass is 35.5. The minimum Gasteiger partial charge on any atom is -0.241 e.